The van der Waals surface area contributed by atoms with E-state index in [1.807, 2.05) is 49.5 Å². The summed E-state index contributed by atoms with van der Waals surface area (Å²) in [5.74, 6) is 2.14. The van der Waals surface area contributed by atoms with Crippen LogP contribution in [-0.2, 0) is 0 Å². The molecular weight excluding hydrogens is 420 g/mol. The molecule has 1 saturated heterocycles. The Kier molecular flexibility index (Phi) is 6.15. The Bertz CT molecular complexity index is 1070. The fourth-order valence-electron chi connectivity index (χ4n) is 3.93. The summed E-state index contributed by atoms with van der Waals surface area (Å²) in [4.78, 5) is 18.8. The predicted molar refractivity (Wildman–Crippen MR) is 123 cm³/mol. The van der Waals surface area contributed by atoms with E-state index in [1.165, 1.54) is 25.1 Å². The van der Waals surface area contributed by atoms with Gasteiger partial charge in [-0.2, -0.15) is 0 Å². The molecule has 1 aliphatic carbocycles. The zero-order valence-corrected chi connectivity index (χ0v) is 18.6. The van der Waals surface area contributed by atoms with Crippen LogP contribution in [0.3, 0.4) is 0 Å². The van der Waals surface area contributed by atoms with Gasteiger partial charge >= 0.3 is 0 Å². The van der Waals surface area contributed by atoms with Crippen molar-refractivity contribution in [3.8, 4) is 11.6 Å². The van der Waals surface area contributed by atoms with Crippen molar-refractivity contribution >= 4 is 11.6 Å². The Labute approximate surface area is 192 Å². The molecule has 3 aromatic rings. The molecule has 0 spiro atoms. The maximum atomic E-state index is 12.1. The van der Waals surface area contributed by atoms with E-state index < -0.39 is 0 Å². The molecule has 0 radical (unpaired) electrons. The number of pyridine rings is 1. The lowest BCUT2D eigenvalue weighted by Gasteiger charge is -2.20. The lowest BCUT2D eigenvalue weighted by atomic mass is 10.1. The van der Waals surface area contributed by atoms with Gasteiger partial charge in [-0.15, -0.1) is 0 Å². The van der Waals surface area contributed by atoms with Gasteiger partial charge in [0.2, 0.25) is 11.6 Å². The Morgan fingerprint density at radius 3 is 2.79 bits per heavy atom. The molecule has 1 aromatic carbocycles. The molecule has 2 atom stereocenters. The smallest absolute Gasteiger partial charge is 0.290 e. The molecule has 0 bridgehead atoms. The summed E-state index contributed by atoms with van der Waals surface area (Å²) in [6.45, 7) is 4.44. The highest BCUT2D eigenvalue weighted by Gasteiger charge is 2.26. The van der Waals surface area contributed by atoms with E-state index in [9.17, 15) is 4.79 Å². The van der Waals surface area contributed by atoms with Crippen molar-refractivity contribution in [3.63, 3.8) is 0 Å². The third-order valence-electron chi connectivity index (χ3n) is 6.08. The van der Waals surface area contributed by atoms with Crippen LogP contribution in [-0.4, -0.2) is 41.8 Å². The highest BCUT2D eigenvalue weighted by atomic mass is 16.5. The number of amides is 1. The molecule has 5 rings (SSSR count). The molecule has 8 heteroatoms. The first-order valence-electron chi connectivity index (χ1n) is 11.5. The number of nitrogens with zero attached hydrogens (tertiary/aromatic N) is 3. The van der Waals surface area contributed by atoms with Crippen LogP contribution >= 0.6 is 0 Å². The van der Waals surface area contributed by atoms with Gasteiger partial charge in [-0.1, -0.05) is 17.3 Å². The number of benzene rings is 1. The summed E-state index contributed by atoms with van der Waals surface area (Å²) in [6.07, 6.45) is 6.86. The number of carbonyl (C=O) groups is 1. The zero-order valence-electron chi connectivity index (χ0n) is 18.6. The monoisotopic (exact) mass is 448 g/mol. The number of hydrogen-bond acceptors (Lipinski definition) is 7. The fraction of sp³-hybridized carbons (Fsp3) is 0.400. The normalized spacial score (nSPS) is 18.7. The summed E-state index contributed by atoms with van der Waals surface area (Å²) in [5, 5.41) is 6.47. The summed E-state index contributed by atoms with van der Waals surface area (Å²) in [7, 11) is 0. The second-order valence-corrected chi connectivity index (χ2v) is 8.72. The number of ether oxygens (including phenoxy) is 2. The summed E-state index contributed by atoms with van der Waals surface area (Å²) in [6, 6.07) is 13.3. The van der Waals surface area contributed by atoms with Crippen LogP contribution in [0, 0.1) is 5.92 Å². The maximum Gasteiger partial charge on any atom is 0.290 e. The molecule has 1 amide bonds. The lowest BCUT2D eigenvalue weighted by Crippen LogP contribution is -2.26. The van der Waals surface area contributed by atoms with Gasteiger partial charge in [-0.3, -0.25) is 4.79 Å². The second kappa shape index (κ2) is 9.52. The van der Waals surface area contributed by atoms with E-state index in [1.54, 1.807) is 0 Å². The van der Waals surface area contributed by atoms with Crippen LogP contribution in [0.5, 0.6) is 11.6 Å². The SMILES string of the molecule is C[C@H](NC(=O)c1ccno1)c1ccc(OC2CCN(c3ccnc(OCC4CC4)c3)C2)cc1. The first kappa shape index (κ1) is 21.3. The highest BCUT2D eigenvalue weighted by molar-refractivity contribution is 5.91. The van der Waals surface area contributed by atoms with E-state index in [4.69, 9.17) is 14.0 Å². The zero-order chi connectivity index (χ0) is 22.6. The van der Waals surface area contributed by atoms with E-state index >= 15 is 0 Å². The standard InChI is InChI=1S/C25H28N4O4/c1-17(28-25(30)23-9-12-27-33-23)19-4-6-21(7-5-19)32-22-10-13-29(15-22)20-8-11-26-24(14-20)31-16-18-2-3-18/h4-9,11-12,14,17-18,22H,2-3,10,13,15-16H2,1H3,(H,28,30)/t17-,22?/m0/s1. The summed E-state index contributed by atoms with van der Waals surface area (Å²) < 4.78 is 16.9. The van der Waals surface area contributed by atoms with Gasteiger partial charge in [-0.05, 0) is 49.4 Å². The molecule has 3 heterocycles. The van der Waals surface area contributed by atoms with Gasteiger partial charge in [0.15, 0.2) is 0 Å². The first-order chi connectivity index (χ1) is 16.1. The number of rotatable bonds is 9. The number of anilines is 1. The molecule has 2 aliphatic rings. The molecule has 1 saturated carbocycles. The highest BCUT2D eigenvalue weighted by Crippen LogP contribution is 2.30. The number of aromatic nitrogens is 2. The quantitative estimate of drug-likeness (QED) is 0.529. The van der Waals surface area contributed by atoms with Crippen LogP contribution in [0.15, 0.2) is 59.4 Å². The number of carbonyl (C=O) groups excluding carboxylic acids is 1. The Balaban J connectivity index is 1.13. The Morgan fingerprint density at radius 1 is 1.18 bits per heavy atom. The number of hydrogen-bond donors (Lipinski definition) is 1. The lowest BCUT2D eigenvalue weighted by molar-refractivity contribution is 0.0902. The van der Waals surface area contributed by atoms with E-state index in [0.717, 1.165) is 43.1 Å². The average Bonchev–Trinajstić information content (AvgIpc) is 3.29. The van der Waals surface area contributed by atoms with Gasteiger partial charge in [0.1, 0.15) is 11.9 Å². The van der Waals surface area contributed by atoms with Crippen molar-refractivity contribution in [1.82, 2.24) is 15.5 Å². The van der Waals surface area contributed by atoms with Gasteiger partial charge in [0, 0.05) is 37.0 Å². The van der Waals surface area contributed by atoms with Crippen LogP contribution in [0.4, 0.5) is 5.69 Å². The molecule has 2 fully saturated rings. The van der Waals surface area contributed by atoms with Crippen molar-refractivity contribution in [3.05, 3.63) is 66.2 Å². The molecular formula is C25H28N4O4. The van der Waals surface area contributed by atoms with Gasteiger partial charge < -0.3 is 24.2 Å². The van der Waals surface area contributed by atoms with Crippen molar-refractivity contribution in [2.45, 2.75) is 38.3 Å². The van der Waals surface area contributed by atoms with E-state index in [2.05, 4.69) is 20.4 Å². The van der Waals surface area contributed by atoms with Crippen molar-refractivity contribution in [2.75, 3.05) is 24.6 Å². The summed E-state index contributed by atoms with van der Waals surface area (Å²) in [5.41, 5.74) is 2.10. The molecule has 1 N–H and O–H groups in total. The van der Waals surface area contributed by atoms with E-state index in [-0.39, 0.29) is 23.8 Å². The molecule has 1 aliphatic heterocycles. The third kappa shape index (κ3) is 5.45. The number of nitrogens with one attached hydrogen (secondary N) is 1. The fourth-order valence-corrected chi connectivity index (χ4v) is 3.93. The van der Waals surface area contributed by atoms with E-state index in [0.29, 0.717) is 11.8 Å². The van der Waals surface area contributed by atoms with Crippen molar-refractivity contribution in [1.29, 1.82) is 0 Å². The largest absolute Gasteiger partial charge is 0.489 e. The first-order valence-corrected chi connectivity index (χ1v) is 11.5. The Hall–Kier alpha value is -3.55. The molecule has 1 unspecified atom stereocenters. The summed E-state index contributed by atoms with van der Waals surface area (Å²) >= 11 is 0. The van der Waals surface area contributed by atoms with Gasteiger partial charge in [0.05, 0.1) is 25.4 Å². The van der Waals surface area contributed by atoms with Crippen LogP contribution in [0.2, 0.25) is 0 Å². The molecule has 172 valence electrons. The molecule has 33 heavy (non-hydrogen) atoms. The second-order valence-electron chi connectivity index (χ2n) is 8.72. The Morgan fingerprint density at radius 2 is 2.03 bits per heavy atom. The van der Waals surface area contributed by atoms with Crippen molar-refractivity contribution < 1.29 is 18.8 Å². The van der Waals surface area contributed by atoms with Gasteiger partial charge in [-0.25, -0.2) is 4.98 Å². The minimum atomic E-state index is -0.288. The van der Waals surface area contributed by atoms with Crippen LogP contribution in [0.25, 0.3) is 0 Å². The molecule has 8 nitrogen and oxygen atoms in total. The average molecular weight is 449 g/mol. The van der Waals surface area contributed by atoms with Crippen LogP contribution in [0.1, 0.15) is 48.3 Å². The third-order valence-corrected chi connectivity index (χ3v) is 6.08. The minimum Gasteiger partial charge on any atom is -0.489 e. The minimum absolute atomic E-state index is 0.114. The topological polar surface area (TPSA) is 89.7 Å². The van der Waals surface area contributed by atoms with Gasteiger partial charge in [0.25, 0.3) is 5.91 Å². The van der Waals surface area contributed by atoms with Crippen LogP contribution < -0.4 is 19.7 Å². The predicted octanol–water partition coefficient (Wildman–Crippen LogP) is 4.01. The maximum absolute atomic E-state index is 12.1. The van der Waals surface area contributed by atoms with Crippen molar-refractivity contribution in [2.24, 2.45) is 5.92 Å². The molecule has 2 aromatic heterocycles.